The molecule has 0 spiro atoms. The topological polar surface area (TPSA) is 97.3 Å². The van der Waals surface area contributed by atoms with E-state index in [-0.39, 0.29) is 22.4 Å². The molecule has 0 aliphatic carbocycles. The highest BCUT2D eigenvalue weighted by Crippen LogP contribution is 2.46. The summed E-state index contributed by atoms with van der Waals surface area (Å²) in [5.41, 5.74) is 6.80. The Bertz CT molecular complexity index is 996. The summed E-state index contributed by atoms with van der Waals surface area (Å²) in [5.74, 6) is 0.364. The number of aromatic nitrogens is 4. The number of fused-ring (bicyclic) bond motifs is 1. The van der Waals surface area contributed by atoms with Gasteiger partial charge in [-0.25, -0.2) is 15.0 Å². The van der Waals surface area contributed by atoms with E-state index in [0.29, 0.717) is 23.6 Å². The van der Waals surface area contributed by atoms with Gasteiger partial charge in [0.1, 0.15) is 11.8 Å². The predicted octanol–water partition coefficient (Wildman–Crippen LogP) is 5.50. The van der Waals surface area contributed by atoms with Crippen molar-refractivity contribution in [1.82, 2.24) is 19.5 Å². The van der Waals surface area contributed by atoms with E-state index in [4.69, 9.17) is 19.3 Å². The maximum absolute atomic E-state index is 6.92. The molecule has 1 aliphatic rings. The Morgan fingerprint density at radius 2 is 1.67 bits per heavy atom. The zero-order valence-electron chi connectivity index (χ0n) is 22.3. The minimum Gasteiger partial charge on any atom is -0.414 e. The number of hydrogen-bond donors (Lipinski definition) is 1. The van der Waals surface area contributed by atoms with Crippen molar-refractivity contribution >= 4 is 33.6 Å². The molecule has 2 aromatic heterocycles. The first-order chi connectivity index (χ1) is 14.9. The van der Waals surface area contributed by atoms with E-state index < -0.39 is 22.2 Å². The molecule has 0 unspecified atom stereocenters. The van der Waals surface area contributed by atoms with Crippen LogP contribution >= 0.6 is 0 Å². The zero-order chi connectivity index (χ0) is 25.0. The van der Waals surface area contributed by atoms with Crippen molar-refractivity contribution < 1.29 is 13.6 Å². The molecule has 3 atom stereocenters. The summed E-state index contributed by atoms with van der Waals surface area (Å²) in [5, 5.41) is 0.213. The molecule has 33 heavy (non-hydrogen) atoms. The van der Waals surface area contributed by atoms with Crippen molar-refractivity contribution in [2.45, 2.75) is 109 Å². The van der Waals surface area contributed by atoms with Crippen LogP contribution < -0.4 is 5.73 Å². The van der Waals surface area contributed by atoms with Crippen molar-refractivity contribution in [1.29, 1.82) is 0 Å². The Morgan fingerprint density at radius 1 is 1.06 bits per heavy atom. The van der Waals surface area contributed by atoms with Gasteiger partial charge in [-0.05, 0) is 43.2 Å². The summed E-state index contributed by atoms with van der Waals surface area (Å²) < 4.78 is 22.2. The van der Waals surface area contributed by atoms with Crippen LogP contribution in [0.2, 0.25) is 36.3 Å². The summed E-state index contributed by atoms with van der Waals surface area (Å²) in [4.78, 5) is 13.0. The van der Waals surface area contributed by atoms with Gasteiger partial charge in [-0.3, -0.25) is 4.57 Å². The van der Waals surface area contributed by atoms with Gasteiger partial charge >= 0.3 is 0 Å². The summed E-state index contributed by atoms with van der Waals surface area (Å²) >= 11 is 0. The molecule has 1 aliphatic heterocycles. The smallest absolute Gasteiger partial charge is 0.192 e. The monoisotopic (exact) mass is 493 g/mol. The second-order valence-electron chi connectivity index (χ2n) is 12.7. The molecule has 3 heterocycles. The second kappa shape index (κ2) is 8.40. The number of anilines is 1. The van der Waals surface area contributed by atoms with Crippen molar-refractivity contribution in [3.63, 3.8) is 0 Å². The Morgan fingerprint density at radius 3 is 2.24 bits per heavy atom. The van der Waals surface area contributed by atoms with Crippen LogP contribution in [0.1, 0.15) is 61.1 Å². The number of hydrogen-bond acceptors (Lipinski definition) is 7. The normalized spacial score (nSPS) is 25.2. The van der Waals surface area contributed by atoms with Gasteiger partial charge in [0.25, 0.3) is 0 Å². The van der Waals surface area contributed by atoms with Crippen LogP contribution in [0.25, 0.3) is 11.2 Å². The minimum atomic E-state index is -2.06. The lowest BCUT2D eigenvalue weighted by Gasteiger charge is -2.39. The molecular formula is C23H43N5O3Si2. The highest BCUT2D eigenvalue weighted by molar-refractivity contribution is 6.74. The van der Waals surface area contributed by atoms with E-state index in [1.165, 1.54) is 6.33 Å². The SMILES string of the molecule is CC(C)(C)[Si](C)(C)OC[C@]1(C)C[C@@H](O[Si](C)(C)C(C)(C)C)[C@H](n2cnc3c(N)ncnc32)O1. The highest BCUT2D eigenvalue weighted by Gasteiger charge is 2.51. The number of nitrogens with two attached hydrogens (primary N) is 1. The first kappa shape index (κ1) is 26.3. The van der Waals surface area contributed by atoms with Crippen LogP contribution in [0.3, 0.4) is 0 Å². The molecule has 2 N–H and O–H groups in total. The fourth-order valence-electron chi connectivity index (χ4n) is 3.53. The molecule has 3 rings (SSSR count). The molecule has 0 radical (unpaired) electrons. The quantitative estimate of drug-likeness (QED) is 0.531. The van der Waals surface area contributed by atoms with Crippen molar-refractivity contribution in [3.8, 4) is 0 Å². The molecule has 1 saturated heterocycles. The van der Waals surface area contributed by atoms with Gasteiger partial charge < -0.3 is 19.3 Å². The Balaban J connectivity index is 1.95. The lowest BCUT2D eigenvalue weighted by Crippen LogP contribution is -2.46. The van der Waals surface area contributed by atoms with Crippen LogP contribution in [0.15, 0.2) is 12.7 Å². The van der Waals surface area contributed by atoms with Gasteiger partial charge in [-0.2, -0.15) is 0 Å². The van der Waals surface area contributed by atoms with E-state index >= 15 is 0 Å². The minimum absolute atomic E-state index is 0.0811. The molecule has 1 fully saturated rings. The van der Waals surface area contributed by atoms with Crippen LogP contribution in [0.4, 0.5) is 5.82 Å². The number of ether oxygens (including phenoxy) is 1. The van der Waals surface area contributed by atoms with E-state index in [1.807, 2.05) is 4.57 Å². The zero-order valence-corrected chi connectivity index (χ0v) is 24.3. The van der Waals surface area contributed by atoms with Crippen molar-refractivity contribution in [2.75, 3.05) is 12.3 Å². The summed E-state index contributed by atoms with van der Waals surface area (Å²) in [7, 11) is -3.98. The van der Waals surface area contributed by atoms with Gasteiger partial charge in [0, 0.05) is 6.42 Å². The van der Waals surface area contributed by atoms with E-state index in [9.17, 15) is 0 Å². The lowest BCUT2D eigenvalue weighted by atomic mass is 10.0. The number of nitrogen functional groups attached to an aromatic ring is 1. The van der Waals surface area contributed by atoms with Crippen molar-refractivity contribution in [3.05, 3.63) is 12.7 Å². The maximum atomic E-state index is 6.92. The van der Waals surface area contributed by atoms with Crippen LogP contribution in [-0.2, 0) is 13.6 Å². The number of nitrogens with zero attached hydrogens (tertiary/aromatic N) is 4. The van der Waals surface area contributed by atoms with Crippen LogP contribution in [-0.4, -0.2) is 54.5 Å². The van der Waals surface area contributed by atoms with E-state index in [1.54, 1.807) is 6.33 Å². The molecule has 0 saturated carbocycles. The predicted molar refractivity (Wildman–Crippen MR) is 138 cm³/mol. The van der Waals surface area contributed by atoms with E-state index in [2.05, 4.69) is 89.6 Å². The van der Waals surface area contributed by atoms with E-state index in [0.717, 1.165) is 6.42 Å². The van der Waals surface area contributed by atoms with Crippen LogP contribution in [0.5, 0.6) is 0 Å². The third-order valence-electron chi connectivity index (χ3n) is 7.81. The summed E-state index contributed by atoms with van der Waals surface area (Å²) in [6.45, 7) is 25.3. The standard InChI is InChI=1S/C23H43N5O3Si2/c1-21(2,3)32(8,9)29-13-23(7)12-16(31-33(10,11)22(4,5)6)20(30-23)28-15-27-17-18(24)25-14-26-19(17)28/h14-16,20H,12-13H2,1-11H3,(H2,24,25,26)/t16-,20-,23+/m1/s1. The van der Waals surface area contributed by atoms with Crippen molar-refractivity contribution in [2.24, 2.45) is 0 Å². The largest absolute Gasteiger partial charge is 0.414 e. The Kier molecular flexibility index (Phi) is 6.69. The molecule has 0 aromatic carbocycles. The van der Waals surface area contributed by atoms with Gasteiger partial charge in [-0.15, -0.1) is 0 Å². The Hall–Kier alpha value is -1.34. The van der Waals surface area contributed by atoms with Gasteiger partial charge in [0.15, 0.2) is 34.3 Å². The average molecular weight is 494 g/mol. The third-order valence-corrected chi connectivity index (χ3v) is 16.8. The molecule has 10 heteroatoms. The number of rotatable bonds is 6. The fourth-order valence-corrected chi connectivity index (χ4v) is 5.94. The van der Waals surface area contributed by atoms with Gasteiger partial charge in [0.05, 0.1) is 24.6 Å². The number of imidazole rings is 1. The average Bonchev–Trinajstić information content (AvgIpc) is 3.20. The molecule has 0 bridgehead atoms. The first-order valence-corrected chi connectivity index (χ1v) is 17.6. The highest BCUT2D eigenvalue weighted by atomic mass is 28.4. The summed E-state index contributed by atoms with van der Waals surface area (Å²) in [6, 6.07) is 0. The molecular weight excluding hydrogens is 450 g/mol. The Labute approximate surface area is 200 Å². The van der Waals surface area contributed by atoms with Crippen LogP contribution in [0, 0.1) is 0 Å². The second-order valence-corrected chi connectivity index (χ2v) is 22.3. The molecule has 186 valence electrons. The fraction of sp³-hybridized carbons (Fsp3) is 0.783. The lowest BCUT2D eigenvalue weighted by molar-refractivity contribution is -0.0944. The third kappa shape index (κ3) is 5.19. The maximum Gasteiger partial charge on any atom is 0.192 e. The molecule has 2 aromatic rings. The first-order valence-electron chi connectivity index (χ1n) is 11.8. The molecule has 8 nitrogen and oxygen atoms in total. The van der Waals surface area contributed by atoms with Gasteiger partial charge in [0.2, 0.25) is 0 Å². The molecule has 0 amide bonds. The summed E-state index contributed by atoms with van der Waals surface area (Å²) in [6.07, 6.45) is 3.43. The van der Waals surface area contributed by atoms with Gasteiger partial charge in [-0.1, -0.05) is 41.5 Å².